The highest BCUT2D eigenvalue weighted by Crippen LogP contribution is 2.30. The zero-order valence-corrected chi connectivity index (χ0v) is 16.1. The highest BCUT2D eigenvalue weighted by atomic mass is 16.5. The molecule has 5 rings (SSSR count). The smallest absolute Gasteiger partial charge is 0.247 e. The fraction of sp³-hybridized carbons (Fsp3) is 0. The molecule has 0 aliphatic carbocycles. The zero-order valence-electron chi connectivity index (χ0n) is 16.1. The zero-order chi connectivity index (χ0) is 21.2. The lowest BCUT2D eigenvalue weighted by molar-refractivity contribution is -0.111. The average molecular weight is 409 g/mol. The molecule has 4 aromatic heterocycles. The van der Waals surface area contributed by atoms with Crippen LogP contribution in [0.2, 0.25) is 0 Å². The quantitative estimate of drug-likeness (QED) is 0.423. The summed E-state index contributed by atoms with van der Waals surface area (Å²) in [6, 6.07) is 11.5. The van der Waals surface area contributed by atoms with Crippen molar-refractivity contribution in [3.05, 3.63) is 73.8 Å². The summed E-state index contributed by atoms with van der Waals surface area (Å²) in [7, 11) is 0. The average Bonchev–Trinajstić information content (AvgIpc) is 3.22. The number of nitrogens with zero attached hydrogens (tertiary/aromatic N) is 5. The van der Waals surface area contributed by atoms with E-state index in [0.29, 0.717) is 16.9 Å². The molecular weight excluding hydrogens is 394 g/mol. The second-order valence-corrected chi connectivity index (χ2v) is 6.60. The number of hydrogen-bond donors (Lipinski definition) is 2. The Bertz CT molecular complexity index is 1440. The highest BCUT2D eigenvalue weighted by molar-refractivity contribution is 5.98. The fourth-order valence-corrected chi connectivity index (χ4v) is 3.15. The Morgan fingerprint density at radius 1 is 1.13 bits per heavy atom. The number of carbonyl (C=O) groups is 1. The van der Waals surface area contributed by atoms with Gasteiger partial charge < -0.3 is 15.0 Å². The van der Waals surface area contributed by atoms with E-state index in [2.05, 4.69) is 48.1 Å². The first-order chi connectivity index (χ1) is 15.2. The lowest BCUT2D eigenvalue weighted by atomic mass is 10.1. The maximum absolute atomic E-state index is 11.5. The van der Waals surface area contributed by atoms with Gasteiger partial charge in [-0.1, -0.05) is 18.7 Å². The molecule has 0 fully saturated rings. The number of carbonyl (C=O) groups excluding carboxylic acids is 1. The van der Waals surface area contributed by atoms with Gasteiger partial charge >= 0.3 is 0 Å². The van der Waals surface area contributed by atoms with Gasteiger partial charge in [-0.3, -0.25) is 9.78 Å². The van der Waals surface area contributed by atoms with Crippen LogP contribution in [0.5, 0.6) is 11.8 Å². The maximum Gasteiger partial charge on any atom is 0.247 e. The van der Waals surface area contributed by atoms with Crippen molar-refractivity contribution in [1.82, 2.24) is 30.1 Å². The van der Waals surface area contributed by atoms with Crippen molar-refractivity contribution in [3.63, 3.8) is 0 Å². The summed E-state index contributed by atoms with van der Waals surface area (Å²) in [5.41, 5.74) is 4.50. The molecule has 150 valence electrons. The molecule has 0 saturated carbocycles. The monoisotopic (exact) mass is 409 g/mol. The first-order valence-electron chi connectivity index (χ1n) is 9.33. The normalized spacial score (nSPS) is 10.8. The van der Waals surface area contributed by atoms with Crippen LogP contribution in [0.3, 0.4) is 0 Å². The van der Waals surface area contributed by atoms with E-state index in [4.69, 9.17) is 4.74 Å². The van der Waals surface area contributed by atoms with Crippen molar-refractivity contribution < 1.29 is 9.53 Å². The molecule has 2 N–H and O–H groups in total. The van der Waals surface area contributed by atoms with Crippen LogP contribution in [-0.4, -0.2) is 36.0 Å². The number of aromatic amines is 1. The second-order valence-electron chi connectivity index (χ2n) is 6.60. The molecule has 9 nitrogen and oxygen atoms in total. The van der Waals surface area contributed by atoms with E-state index in [-0.39, 0.29) is 17.7 Å². The molecule has 1 aromatic carbocycles. The topological polar surface area (TPSA) is 119 Å². The minimum Gasteiger partial charge on any atom is -0.417 e. The van der Waals surface area contributed by atoms with Gasteiger partial charge in [-0.25, -0.2) is 9.97 Å². The number of hydrogen-bond acceptors (Lipinski definition) is 7. The highest BCUT2D eigenvalue weighted by Gasteiger charge is 2.12. The summed E-state index contributed by atoms with van der Waals surface area (Å²) >= 11 is 0. The van der Waals surface area contributed by atoms with Gasteiger partial charge in [-0.05, 0) is 29.8 Å². The van der Waals surface area contributed by atoms with Gasteiger partial charge in [0.2, 0.25) is 17.7 Å². The van der Waals surface area contributed by atoms with Crippen molar-refractivity contribution in [2.24, 2.45) is 0 Å². The third kappa shape index (κ3) is 3.67. The van der Waals surface area contributed by atoms with E-state index in [9.17, 15) is 4.79 Å². The SMILES string of the molecule is C=CC(=O)Nc1cnnc(Oc2cnc3[nH]cc(-c4ccc5ncccc5c4)c3n2)c1. The van der Waals surface area contributed by atoms with Gasteiger partial charge in [0.05, 0.1) is 23.6 Å². The molecule has 0 radical (unpaired) electrons. The Kier molecular flexibility index (Phi) is 4.53. The van der Waals surface area contributed by atoms with Crippen LogP contribution in [0.4, 0.5) is 5.69 Å². The number of pyridine rings is 1. The molecule has 4 heterocycles. The fourth-order valence-electron chi connectivity index (χ4n) is 3.15. The van der Waals surface area contributed by atoms with Crippen LogP contribution < -0.4 is 10.1 Å². The van der Waals surface area contributed by atoms with E-state index in [1.165, 1.54) is 18.5 Å². The van der Waals surface area contributed by atoms with Gasteiger partial charge in [-0.15, -0.1) is 5.10 Å². The molecule has 31 heavy (non-hydrogen) atoms. The van der Waals surface area contributed by atoms with E-state index >= 15 is 0 Å². The number of fused-ring (bicyclic) bond motifs is 2. The van der Waals surface area contributed by atoms with Gasteiger partial charge in [-0.2, -0.15) is 5.10 Å². The molecular formula is C22H15N7O2. The summed E-state index contributed by atoms with van der Waals surface area (Å²) in [5.74, 6) is 0.0596. The number of aromatic nitrogens is 6. The van der Waals surface area contributed by atoms with Crippen LogP contribution in [0.25, 0.3) is 33.2 Å². The lowest BCUT2D eigenvalue weighted by Crippen LogP contribution is -2.08. The summed E-state index contributed by atoms with van der Waals surface area (Å²) in [4.78, 5) is 27.9. The van der Waals surface area contributed by atoms with Gasteiger partial charge in [0.25, 0.3) is 0 Å². The van der Waals surface area contributed by atoms with Crippen LogP contribution >= 0.6 is 0 Å². The van der Waals surface area contributed by atoms with E-state index in [0.717, 1.165) is 28.1 Å². The van der Waals surface area contributed by atoms with Crippen molar-refractivity contribution in [2.75, 3.05) is 5.32 Å². The summed E-state index contributed by atoms with van der Waals surface area (Å²) in [6.07, 6.45) is 7.68. The largest absolute Gasteiger partial charge is 0.417 e. The van der Waals surface area contributed by atoms with Gasteiger partial charge in [0, 0.05) is 29.4 Å². The molecule has 1 amide bonds. The molecule has 0 unspecified atom stereocenters. The summed E-state index contributed by atoms with van der Waals surface area (Å²) in [6.45, 7) is 3.42. The van der Waals surface area contributed by atoms with Crippen LogP contribution in [0.15, 0.2) is 73.8 Å². The molecule has 0 bridgehead atoms. The molecule has 0 aliphatic heterocycles. The maximum atomic E-state index is 11.5. The Morgan fingerprint density at radius 3 is 2.97 bits per heavy atom. The molecule has 0 saturated heterocycles. The molecule has 9 heteroatoms. The number of anilines is 1. The predicted octanol–water partition coefficient (Wildman–Crippen LogP) is 3.88. The molecule has 0 atom stereocenters. The lowest BCUT2D eigenvalue weighted by Gasteiger charge is -2.06. The van der Waals surface area contributed by atoms with E-state index < -0.39 is 0 Å². The molecule has 0 aliphatic rings. The Hall–Kier alpha value is -4.66. The van der Waals surface area contributed by atoms with Crippen molar-refractivity contribution in [3.8, 4) is 22.9 Å². The Balaban J connectivity index is 1.48. The number of amides is 1. The number of benzene rings is 1. The minimum absolute atomic E-state index is 0.171. The van der Waals surface area contributed by atoms with E-state index in [1.54, 1.807) is 6.20 Å². The number of H-pyrrole nitrogens is 1. The van der Waals surface area contributed by atoms with Crippen molar-refractivity contribution in [1.29, 1.82) is 0 Å². The molecule has 5 aromatic rings. The van der Waals surface area contributed by atoms with Gasteiger partial charge in [0.15, 0.2) is 5.65 Å². The van der Waals surface area contributed by atoms with Crippen molar-refractivity contribution >= 4 is 33.7 Å². The van der Waals surface area contributed by atoms with Crippen LogP contribution in [-0.2, 0) is 4.79 Å². The third-order valence-electron chi connectivity index (χ3n) is 4.57. The Morgan fingerprint density at radius 2 is 2.06 bits per heavy atom. The second kappa shape index (κ2) is 7.64. The number of rotatable bonds is 5. The Labute approximate surface area is 175 Å². The first kappa shape index (κ1) is 18.4. The number of ether oxygens (including phenoxy) is 1. The molecule has 0 spiro atoms. The van der Waals surface area contributed by atoms with Crippen LogP contribution in [0.1, 0.15) is 0 Å². The standard InChI is InChI=1S/C22H15N7O2/c1-2-18(30)27-15-9-19(29-26-10-15)31-20-12-25-22-21(28-20)16(11-24-22)13-5-6-17-14(8-13)4-3-7-23-17/h2-12H,1H2,(H,24,25)(H,27,29,30). The third-order valence-corrected chi connectivity index (χ3v) is 4.57. The minimum atomic E-state index is -0.359. The first-order valence-corrected chi connectivity index (χ1v) is 9.33. The summed E-state index contributed by atoms with van der Waals surface area (Å²) < 4.78 is 5.72. The predicted molar refractivity (Wildman–Crippen MR) is 116 cm³/mol. The van der Waals surface area contributed by atoms with E-state index in [1.807, 2.05) is 30.5 Å². The summed E-state index contributed by atoms with van der Waals surface area (Å²) in [5, 5.41) is 11.4. The van der Waals surface area contributed by atoms with Crippen molar-refractivity contribution in [2.45, 2.75) is 0 Å². The van der Waals surface area contributed by atoms with Gasteiger partial charge in [0.1, 0.15) is 5.52 Å². The number of nitrogens with one attached hydrogen (secondary N) is 2. The van der Waals surface area contributed by atoms with Crippen LogP contribution in [0, 0.1) is 0 Å².